The number of rotatable bonds is 4. The standard InChI is InChI=1S/C23H21N5O3/c1-3-20(29)27-10-14(11-27)28-9-13-6-17(22(24)30)16(7-15(13)23(28)31)21-12(2)4-5-19-18(21)8-25-26-19/h3-8,14H,1,9-11H2,2H3,(H2,24,30)(H,25,26). The topological polar surface area (TPSA) is 112 Å². The number of aryl methyl sites for hydroxylation is 1. The number of carbonyl (C=O) groups is 3. The van der Waals surface area contributed by atoms with Gasteiger partial charge in [0.25, 0.3) is 5.91 Å². The Kier molecular flexibility index (Phi) is 4.18. The molecule has 1 aromatic heterocycles. The predicted octanol–water partition coefficient (Wildman–Crippen LogP) is 1.99. The summed E-state index contributed by atoms with van der Waals surface area (Å²) in [6.45, 7) is 6.81. The van der Waals surface area contributed by atoms with Crippen molar-refractivity contribution < 1.29 is 14.4 Å². The fraction of sp³-hybridized carbons (Fsp3) is 0.217. The third-order valence-corrected chi connectivity index (χ3v) is 6.23. The van der Waals surface area contributed by atoms with Crippen molar-refractivity contribution in [2.24, 2.45) is 5.73 Å². The number of nitrogens with two attached hydrogens (primary N) is 1. The minimum atomic E-state index is -0.546. The highest BCUT2D eigenvalue weighted by atomic mass is 16.2. The molecular formula is C23H21N5O3. The molecule has 8 nitrogen and oxygen atoms in total. The summed E-state index contributed by atoms with van der Waals surface area (Å²) in [4.78, 5) is 40.7. The molecule has 3 aromatic rings. The Hall–Kier alpha value is -3.94. The summed E-state index contributed by atoms with van der Waals surface area (Å²) in [5, 5.41) is 7.92. The Morgan fingerprint density at radius 2 is 2.03 bits per heavy atom. The number of nitrogens with zero attached hydrogens (tertiary/aromatic N) is 3. The molecule has 0 bridgehead atoms. The summed E-state index contributed by atoms with van der Waals surface area (Å²) >= 11 is 0. The molecule has 0 saturated carbocycles. The zero-order chi connectivity index (χ0) is 21.9. The number of aromatic amines is 1. The second kappa shape index (κ2) is 6.80. The molecule has 2 aliphatic heterocycles. The molecule has 156 valence electrons. The van der Waals surface area contributed by atoms with Gasteiger partial charge >= 0.3 is 0 Å². The number of amides is 3. The van der Waals surface area contributed by atoms with Crippen molar-refractivity contribution in [1.29, 1.82) is 0 Å². The van der Waals surface area contributed by atoms with Crippen LogP contribution < -0.4 is 5.73 Å². The molecule has 8 heteroatoms. The maximum Gasteiger partial charge on any atom is 0.254 e. The minimum absolute atomic E-state index is 0.0525. The molecule has 3 N–H and O–H groups in total. The second-order valence-corrected chi connectivity index (χ2v) is 8.04. The van der Waals surface area contributed by atoms with Crippen molar-refractivity contribution in [3.63, 3.8) is 0 Å². The van der Waals surface area contributed by atoms with E-state index >= 15 is 0 Å². The molecule has 2 aromatic carbocycles. The molecular weight excluding hydrogens is 394 g/mol. The summed E-state index contributed by atoms with van der Waals surface area (Å²) in [7, 11) is 0. The third-order valence-electron chi connectivity index (χ3n) is 6.23. The van der Waals surface area contributed by atoms with Crippen molar-refractivity contribution in [2.75, 3.05) is 13.1 Å². The van der Waals surface area contributed by atoms with Crippen LogP contribution in [0.2, 0.25) is 0 Å². The molecule has 0 spiro atoms. The van der Waals surface area contributed by atoms with E-state index in [1.54, 1.807) is 28.1 Å². The van der Waals surface area contributed by atoms with Gasteiger partial charge in [-0.25, -0.2) is 0 Å². The number of hydrogen-bond acceptors (Lipinski definition) is 4. The van der Waals surface area contributed by atoms with Crippen LogP contribution in [-0.2, 0) is 11.3 Å². The van der Waals surface area contributed by atoms with E-state index in [0.29, 0.717) is 36.3 Å². The van der Waals surface area contributed by atoms with Gasteiger partial charge in [-0.3, -0.25) is 19.5 Å². The van der Waals surface area contributed by atoms with Gasteiger partial charge in [0.15, 0.2) is 0 Å². The Bertz CT molecular complexity index is 1290. The first kappa shape index (κ1) is 19.0. The van der Waals surface area contributed by atoms with Gasteiger partial charge in [-0.05, 0) is 53.5 Å². The maximum atomic E-state index is 13.2. The fourth-order valence-electron chi connectivity index (χ4n) is 4.54. The first-order valence-corrected chi connectivity index (χ1v) is 10.0. The van der Waals surface area contributed by atoms with E-state index in [9.17, 15) is 14.4 Å². The number of likely N-dealkylation sites (tertiary alicyclic amines) is 1. The molecule has 5 rings (SSSR count). The van der Waals surface area contributed by atoms with Gasteiger partial charge in [-0.2, -0.15) is 5.10 Å². The Balaban J connectivity index is 1.57. The molecule has 1 fully saturated rings. The minimum Gasteiger partial charge on any atom is -0.366 e. The van der Waals surface area contributed by atoms with Crippen LogP contribution in [0.4, 0.5) is 0 Å². The number of aromatic nitrogens is 2. The number of fused-ring (bicyclic) bond motifs is 2. The van der Waals surface area contributed by atoms with Gasteiger partial charge in [0.05, 0.1) is 17.8 Å². The SMILES string of the molecule is C=CC(=O)N1CC(N2Cc3cc(C(N)=O)c(-c4c(C)ccc5[nH]ncc45)cc3C2=O)C1. The van der Waals surface area contributed by atoms with E-state index in [1.165, 1.54) is 6.08 Å². The zero-order valence-electron chi connectivity index (χ0n) is 17.0. The molecule has 0 unspecified atom stereocenters. The molecule has 1 saturated heterocycles. The van der Waals surface area contributed by atoms with Crippen LogP contribution in [0.3, 0.4) is 0 Å². The number of carbonyl (C=O) groups excluding carboxylic acids is 3. The van der Waals surface area contributed by atoms with Crippen LogP contribution in [0, 0.1) is 6.92 Å². The molecule has 3 heterocycles. The average molecular weight is 415 g/mol. The molecule has 2 aliphatic rings. The van der Waals surface area contributed by atoms with Gasteiger partial charge in [-0.15, -0.1) is 0 Å². The van der Waals surface area contributed by atoms with Crippen LogP contribution in [-0.4, -0.2) is 56.9 Å². The average Bonchev–Trinajstić information content (AvgIpc) is 3.31. The lowest BCUT2D eigenvalue weighted by molar-refractivity contribution is -0.132. The quantitative estimate of drug-likeness (QED) is 0.635. The highest BCUT2D eigenvalue weighted by Crippen LogP contribution is 2.38. The Morgan fingerprint density at radius 3 is 2.74 bits per heavy atom. The zero-order valence-corrected chi connectivity index (χ0v) is 17.0. The first-order chi connectivity index (χ1) is 14.9. The summed E-state index contributed by atoms with van der Waals surface area (Å²) < 4.78 is 0. The smallest absolute Gasteiger partial charge is 0.254 e. The van der Waals surface area contributed by atoms with Crippen LogP contribution in [0.1, 0.15) is 31.8 Å². The second-order valence-electron chi connectivity index (χ2n) is 8.04. The maximum absolute atomic E-state index is 13.2. The lowest BCUT2D eigenvalue weighted by Gasteiger charge is -2.43. The van der Waals surface area contributed by atoms with Crippen molar-refractivity contribution in [3.05, 3.63) is 65.4 Å². The van der Waals surface area contributed by atoms with Crippen molar-refractivity contribution in [3.8, 4) is 11.1 Å². The lowest BCUT2D eigenvalue weighted by Crippen LogP contribution is -2.60. The highest BCUT2D eigenvalue weighted by Gasteiger charge is 2.41. The summed E-state index contributed by atoms with van der Waals surface area (Å²) in [6, 6.07) is 7.33. The highest BCUT2D eigenvalue weighted by molar-refractivity contribution is 6.09. The number of nitrogens with one attached hydrogen (secondary N) is 1. The largest absolute Gasteiger partial charge is 0.366 e. The molecule has 0 atom stereocenters. The monoisotopic (exact) mass is 415 g/mol. The summed E-state index contributed by atoms with van der Waals surface area (Å²) in [5.41, 5.74) is 10.7. The van der Waals surface area contributed by atoms with Crippen molar-refractivity contribution >= 4 is 28.6 Å². The van der Waals surface area contributed by atoms with E-state index in [1.807, 2.05) is 19.1 Å². The Morgan fingerprint density at radius 1 is 1.26 bits per heavy atom. The van der Waals surface area contributed by atoms with E-state index in [0.717, 1.165) is 27.6 Å². The van der Waals surface area contributed by atoms with Gasteiger partial charge < -0.3 is 15.5 Å². The molecule has 0 aliphatic carbocycles. The number of primary amides is 1. The van der Waals surface area contributed by atoms with Crippen molar-refractivity contribution in [2.45, 2.75) is 19.5 Å². The first-order valence-electron chi connectivity index (χ1n) is 10.0. The van der Waals surface area contributed by atoms with E-state index in [2.05, 4.69) is 16.8 Å². The number of benzene rings is 2. The van der Waals surface area contributed by atoms with Gasteiger partial charge in [-0.1, -0.05) is 12.6 Å². The van der Waals surface area contributed by atoms with Gasteiger partial charge in [0.1, 0.15) is 0 Å². The lowest BCUT2D eigenvalue weighted by atomic mass is 9.90. The summed E-state index contributed by atoms with van der Waals surface area (Å²) in [6.07, 6.45) is 2.99. The van der Waals surface area contributed by atoms with Crippen LogP contribution in [0.15, 0.2) is 43.1 Å². The number of hydrogen-bond donors (Lipinski definition) is 2. The van der Waals surface area contributed by atoms with E-state index in [-0.39, 0.29) is 17.9 Å². The molecule has 0 radical (unpaired) electrons. The van der Waals surface area contributed by atoms with Gasteiger partial charge in [0, 0.05) is 36.1 Å². The third kappa shape index (κ3) is 2.83. The van der Waals surface area contributed by atoms with E-state index in [4.69, 9.17) is 5.73 Å². The number of H-pyrrole nitrogens is 1. The van der Waals surface area contributed by atoms with Gasteiger partial charge in [0.2, 0.25) is 11.8 Å². The normalized spacial score (nSPS) is 15.8. The van der Waals surface area contributed by atoms with Crippen LogP contribution in [0.5, 0.6) is 0 Å². The molecule has 3 amide bonds. The fourth-order valence-corrected chi connectivity index (χ4v) is 4.54. The van der Waals surface area contributed by atoms with Crippen molar-refractivity contribution in [1.82, 2.24) is 20.0 Å². The predicted molar refractivity (Wildman–Crippen MR) is 115 cm³/mol. The molecule has 31 heavy (non-hydrogen) atoms. The summed E-state index contributed by atoms with van der Waals surface area (Å²) in [5.74, 6) is -0.780. The van der Waals surface area contributed by atoms with E-state index < -0.39 is 5.91 Å². The van der Waals surface area contributed by atoms with Crippen LogP contribution in [0.25, 0.3) is 22.0 Å². The van der Waals surface area contributed by atoms with Crippen LogP contribution >= 0.6 is 0 Å². The Labute approximate surface area is 178 Å².